The van der Waals surface area contributed by atoms with Gasteiger partial charge >= 0.3 is 0 Å². The molecule has 4 heteroatoms. The molecule has 0 aliphatic carbocycles. The van der Waals surface area contributed by atoms with Gasteiger partial charge in [0.05, 0.1) is 6.54 Å². The summed E-state index contributed by atoms with van der Waals surface area (Å²) in [5, 5.41) is 3.36. The third-order valence-corrected chi connectivity index (χ3v) is 2.60. The van der Waals surface area contributed by atoms with Crippen LogP contribution in [0.15, 0.2) is 35.3 Å². The molecule has 16 heavy (non-hydrogen) atoms. The average molecular weight is 331 g/mol. The first kappa shape index (κ1) is 13.3. The van der Waals surface area contributed by atoms with Crippen molar-refractivity contribution in [3.63, 3.8) is 0 Å². The van der Waals surface area contributed by atoms with Crippen LogP contribution in [0.25, 0.3) is 0 Å². The highest BCUT2D eigenvalue weighted by atomic mass is 127. The van der Waals surface area contributed by atoms with Crippen LogP contribution in [0, 0.1) is 0 Å². The van der Waals surface area contributed by atoms with E-state index in [9.17, 15) is 0 Å². The number of nitrogens with zero attached hydrogens (tertiary/aromatic N) is 2. The van der Waals surface area contributed by atoms with Gasteiger partial charge < -0.3 is 10.2 Å². The lowest BCUT2D eigenvalue weighted by Crippen LogP contribution is -2.36. The lowest BCUT2D eigenvalue weighted by atomic mass is 10.1. The summed E-state index contributed by atoms with van der Waals surface area (Å²) in [6.07, 6.45) is 1.05. The highest BCUT2D eigenvalue weighted by Gasteiger charge is 2.10. The smallest absolute Gasteiger partial charge is 0.193 e. The summed E-state index contributed by atoms with van der Waals surface area (Å²) in [6.45, 7) is 2.91. The van der Waals surface area contributed by atoms with Crippen LogP contribution in [0.3, 0.4) is 0 Å². The lowest BCUT2D eigenvalue weighted by Gasteiger charge is -2.14. The fraction of sp³-hybridized carbons (Fsp3) is 0.417. The van der Waals surface area contributed by atoms with Gasteiger partial charge in [-0.3, -0.25) is 4.99 Å². The summed E-state index contributed by atoms with van der Waals surface area (Å²) in [6, 6.07) is 10.5. The van der Waals surface area contributed by atoms with E-state index in [2.05, 4.69) is 46.5 Å². The molecule has 0 fully saturated rings. The van der Waals surface area contributed by atoms with E-state index in [-0.39, 0.29) is 24.0 Å². The minimum absolute atomic E-state index is 0. The fourth-order valence-corrected chi connectivity index (χ4v) is 1.69. The second kappa shape index (κ2) is 6.73. The Morgan fingerprint density at radius 3 is 2.69 bits per heavy atom. The maximum atomic E-state index is 4.38. The zero-order valence-electron chi connectivity index (χ0n) is 9.52. The van der Waals surface area contributed by atoms with E-state index in [1.165, 1.54) is 5.56 Å². The van der Waals surface area contributed by atoms with E-state index >= 15 is 0 Å². The summed E-state index contributed by atoms with van der Waals surface area (Å²) in [4.78, 5) is 6.54. The highest BCUT2D eigenvalue weighted by Crippen LogP contribution is 1.99. The van der Waals surface area contributed by atoms with Crippen molar-refractivity contribution in [1.82, 2.24) is 10.2 Å². The Kier molecular flexibility index (Phi) is 5.59. The zero-order valence-corrected chi connectivity index (χ0v) is 11.8. The molecule has 0 spiro atoms. The predicted octanol–water partition coefficient (Wildman–Crippen LogP) is 1.74. The van der Waals surface area contributed by atoms with Crippen molar-refractivity contribution in [3.05, 3.63) is 35.9 Å². The summed E-state index contributed by atoms with van der Waals surface area (Å²) < 4.78 is 0. The number of rotatable bonds is 3. The van der Waals surface area contributed by atoms with Gasteiger partial charge in [0.25, 0.3) is 0 Å². The van der Waals surface area contributed by atoms with Crippen LogP contribution in [0.4, 0.5) is 0 Å². The second-order valence-electron chi connectivity index (χ2n) is 3.79. The molecule has 0 bridgehead atoms. The Bertz CT molecular complexity index is 337. The number of hydrogen-bond acceptors (Lipinski definition) is 3. The molecule has 1 N–H and O–H groups in total. The maximum Gasteiger partial charge on any atom is 0.193 e. The quantitative estimate of drug-likeness (QED) is 0.855. The molecule has 1 aliphatic heterocycles. The molecule has 88 valence electrons. The molecule has 1 heterocycles. The molecule has 0 radical (unpaired) electrons. The monoisotopic (exact) mass is 331 g/mol. The van der Waals surface area contributed by atoms with Gasteiger partial charge in [0.1, 0.15) is 0 Å². The number of likely N-dealkylation sites (N-methyl/N-ethyl adjacent to an activating group) is 1. The predicted molar refractivity (Wildman–Crippen MR) is 78.5 cm³/mol. The second-order valence-corrected chi connectivity index (χ2v) is 3.79. The molecule has 0 aromatic heterocycles. The van der Waals surface area contributed by atoms with E-state index in [4.69, 9.17) is 0 Å². The van der Waals surface area contributed by atoms with Crippen molar-refractivity contribution in [2.75, 3.05) is 26.7 Å². The Morgan fingerprint density at radius 2 is 2.06 bits per heavy atom. The molecule has 0 saturated heterocycles. The van der Waals surface area contributed by atoms with Gasteiger partial charge in [-0.25, -0.2) is 0 Å². The van der Waals surface area contributed by atoms with Gasteiger partial charge in [0, 0.05) is 20.1 Å². The Morgan fingerprint density at radius 1 is 1.31 bits per heavy atom. The van der Waals surface area contributed by atoms with Crippen molar-refractivity contribution in [1.29, 1.82) is 0 Å². The van der Waals surface area contributed by atoms with Crippen molar-refractivity contribution in [2.24, 2.45) is 4.99 Å². The molecular formula is C12H18IN3. The molecule has 3 nitrogen and oxygen atoms in total. The third kappa shape index (κ3) is 3.66. The summed E-state index contributed by atoms with van der Waals surface area (Å²) >= 11 is 0. The summed E-state index contributed by atoms with van der Waals surface area (Å²) in [5.41, 5.74) is 1.37. The molecule has 1 aromatic carbocycles. The van der Waals surface area contributed by atoms with Crippen molar-refractivity contribution < 1.29 is 0 Å². The van der Waals surface area contributed by atoms with E-state index < -0.39 is 0 Å². The van der Waals surface area contributed by atoms with Crippen molar-refractivity contribution >= 4 is 29.9 Å². The number of halogens is 1. The van der Waals surface area contributed by atoms with Gasteiger partial charge in [-0.1, -0.05) is 30.3 Å². The Balaban J connectivity index is 0.00000128. The van der Waals surface area contributed by atoms with Crippen LogP contribution in [-0.2, 0) is 6.42 Å². The van der Waals surface area contributed by atoms with Gasteiger partial charge in [-0.15, -0.1) is 24.0 Å². The first-order valence-electron chi connectivity index (χ1n) is 5.39. The topological polar surface area (TPSA) is 27.6 Å². The first-order chi connectivity index (χ1) is 7.36. The normalized spacial score (nSPS) is 14.3. The summed E-state index contributed by atoms with van der Waals surface area (Å²) in [5.74, 6) is 1.03. The van der Waals surface area contributed by atoms with Crippen molar-refractivity contribution in [3.8, 4) is 0 Å². The number of aliphatic imine (C=N–C) groups is 1. The molecule has 2 rings (SSSR count). The Labute approximate surface area is 114 Å². The van der Waals surface area contributed by atoms with Crippen molar-refractivity contribution in [2.45, 2.75) is 6.42 Å². The third-order valence-electron chi connectivity index (χ3n) is 2.60. The highest BCUT2D eigenvalue weighted by molar-refractivity contribution is 14.0. The van der Waals surface area contributed by atoms with Gasteiger partial charge in [0.2, 0.25) is 0 Å². The molecule has 0 unspecified atom stereocenters. The van der Waals surface area contributed by atoms with Crippen LogP contribution in [0.1, 0.15) is 5.56 Å². The van der Waals surface area contributed by atoms with Crippen LogP contribution < -0.4 is 5.32 Å². The first-order valence-corrected chi connectivity index (χ1v) is 5.39. The minimum Gasteiger partial charge on any atom is -0.356 e. The van der Waals surface area contributed by atoms with Crippen LogP contribution >= 0.6 is 24.0 Å². The molecule has 0 saturated carbocycles. The number of benzene rings is 1. The van der Waals surface area contributed by atoms with Gasteiger partial charge in [-0.2, -0.15) is 0 Å². The Hall–Kier alpha value is -0.780. The van der Waals surface area contributed by atoms with Crippen LogP contribution in [0.2, 0.25) is 0 Å². The molecular weight excluding hydrogens is 313 g/mol. The van der Waals surface area contributed by atoms with Gasteiger partial charge in [0.15, 0.2) is 5.96 Å². The summed E-state index contributed by atoms with van der Waals surface area (Å²) in [7, 11) is 2.07. The number of guanidine groups is 1. The largest absolute Gasteiger partial charge is 0.356 e. The number of hydrogen-bond donors (Lipinski definition) is 1. The van der Waals surface area contributed by atoms with Gasteiger partial charge in [-0.05, 0) is 12.0 Å². The lowest BCUT2D eigenvalue weighted by molar-refractivity contribution is 0.534. The van der Waals surface area contributed by atoms with E-state index in [0.29, 0.717) is 0 Å². The average Bonchev–Trinajstić information content (AvgIpc) is 2.66. The zero-order chi connectivity index (χ0) is 10.5. The van der Waals surface area contributed by atoms with E-state index in [1.807, 2.05) is 6.07 Å². The fourth-order valence-electron chi connectivity index (χ4n) is 1.69. The molecule has 1 aromatic rings. The number of nitrogens with one attached hydrogen (secondary N) is 1. The van der Waals surface area contributed by atoms with Crippen LogP contribution in [0.5, 0.6) is 0 Å². The standard InChI is InChI=1S/C12H17N3.HI/c1-15-10-9-14-12(15)13-8-7-11-5-3-2-4-6-11;/h2-6H,7-10H2,1H3,(H,13,14);1H. The maximum absolute atomic E-state index is 4.38. The van der Waals surface area contributed by atoms with E-state index in [1.54, 1.807) is 0 Å². The minimum atomic E-state index is 0. The van der Waals surface area contributed by atoms with Crippen LogP contribution in [-0.4, -0.2) is 37.5 Å². The van der Waals surface area contributed by atoms with E-state index in [0.717, 1.165) is 32.0 Å². The molecule has 0 amide bonds. The molecule has 0 atom stereocenters. The SMILES string of the molecule is CN1CCN=C1NCCc1ccccc1.I. The molecule has 1 aliphatic rings.